The zero-order valence-electron chi connectivity index (χ0n) is 14.4. The van der Waals surface area contributed by atoms with Gasteiger partial charge in [-0.05, 0) is 43.7 Å². The van der Waals surface area contributed by atoms with Crippen molar-refractivity contribution < 1.29 is 4.79 Å². The molecule has 0 aromatic carbocycles. The summed E-state index contributed by atoms with van der Waals surface area (Å²) in [6.45, 7) is 0. The summed E-state index contributed by atoms with van der Waals surface area (Å²) in [6, 6.07) is 2.99. The number of nitrogens with zero attached hydrogens (tertiary/aromatic N) is 4. The smallest absolute Gasteiger partial charge is 0.245 e. The topological polar surface area (TPSA) is 111 Å². The van der Waals surface area contributed by atoms with Crippen molar-refractivity contribution in [3.8, 4) is 0 Å². The van der Waals surface area contributed by atoms with Crippen LogP contribution in [0, 0.1) is 0 Å². The maximum atomic E-state index is 11.6. The van der Waals surface area contributed by atoms with Crippen molar-refractivity contribution in [3.05, 3.63) is 36.4 Å². The number of primary amides is 1. The summed E-state index contributed by atoms with van der Waals surface area (Å²) >= 11 is 0. The molecule has 2 fully saturated rings. The van der Waals surface area contributed by atoms with Crippen molar-refractivity contribution in [2.45, 2.75) is 49.7 Å². The Labute approximate surface area is 150 Å². The molecule has 8 heteroatoms. The van der Waals surface area contributed by atoms with Gasteiger partial charge in [0.1, 0.15) is 5.54 Å². The van der Waals surface area contributed by atoms with E-state index >= 15 is 0 Å². The lowest BCUT2D eigenvalue weighted by molar-refractivity contribution is -0.122. The molecule has 8 nitrogen and oxygen atoms in total. The number of carbonyl (C=O) groups excluding carboxylic acids is 1. The van der Waals surface area contributed by atoms with Crippen LogP contribution in [0.1, 0.15) is 37.8 Å². The number of fused-ring (bicyclic) bond motifs is 2. The lowest BCUT2D eigenvalue weighted by Gasteiger charge is -2.21. The van der Waals surface area contributed by atoms with Gasteiger partial charge in [-0.1, -0.05) is 6.08 Å². The number of amides is 1. The highest BCUT2D eigenvalue weighted by atomic mass is 16.2. The maximum Gasteiger partial charge on any atom is 0.245 e. The Kier molecular flexibility index (Phi) is 3.36. The first-order chi connectivity index (χ1) is 12.6. The summed E-state index contributed by atoms with van der Waals surface area (Å²) in [6.07, 6.45) is 12.4. The van der Waals surface area contributed by atoms with Crippen LogP contribution in [-0.2, 0) is 10.3 Å². The molecule has 2 unspecified atom stereocenters. The quantitative estimate of drug-likeness (QED) is 0.749. The van der Waals surface area contributed by atoms with E-state index in [1.54, 1.807) is 23.3 Å². The molecule has 2 aromatic heterocycles. The monoisotopic (exact) mass is 351 g/mol. The summed E-state index contributed by atoms with van der Waals surface area (Å²) in [5.41, 5.74) is 7.84. The van der Waals surface area contributed by atoms with E-state index in [1.165, 1.54) is 18.4 Å². The third-order valence-corrected chi connectivity index (χ3v) is 5.59. The molecule has 134 valence electrons. The van der Waals surface area contributed by atoms with Crippen LogP contribution >= 0.6 is 0 Å². The standard InChI is InChI=1S/C18H21N7O/c19-16(26)18(4-5-18)25-10-14(9-21-25)23-17-20-6-3-15(24-17)11-7-12-1-2-13(8-11)22-12/h3,6-7,9-10,12-13,22H,1-2,4-5,8H2,(H2,19,26)(H,20,23,24). The number of hydrogen-bond acceptors (Lipinski definition) is 6. The molecule has 4 N–H and O–H groups in total. The Morgan fingerprint density at radius 3 is 3.04 bits per heavy atom. The molecular weight excluding hydrogens is 330 g/mol. The van der Waals surface area contributed by atoms with E-state index < -0.39 is 5.54 Å². The number of carbonyl (C=O) groups is 1. The Bertz CT molecular complexity index is 898. The second-order valence-electron chi connectivity index (χ2n) is 7.40. The van der Waals surface area contributed by atoms with Crippen molar-refractivity contribution in [2.75, 3.05) is 5.32 Å². The summed E-state index contributed by atoms with van der Waals surface area (Å²) in [5.74, 6) is 0.190. The Morgan fingerprint density at radius 1 is 1.38 bits per heavy atom. The van der Waals surface area contributed by atoms with Gasteiger partial charge in [-0.25, -0.2) is 9.97 Å². The molecule has 5 rings (SSSR count). The molecule has 3 aliphatic rings. The van der Waals surface area contributed by atoms with Crippen LogP contribution in [0.2, 0.25) is 0 Å². The zero-order chi connectivity index (χ0) is 17.7. The number of nitrogens with two attached hydrogens (primary N) is 1. The first-order valence-electron chi connectivity index (χ1n) is 9.05. The van der Waals surface area contributed by atoms with Gasteiger partial charge >= 0.3 is 0 Å². The molecule has 2 aliphatic heterocycles. The van der Waals surface area contributed by atoms with Gasteiger partial charge in [0.05, 0.1) is 17.6 Å². The molecule has 2 aromatic rings. The van der Waals surface area contributed by atoms with E-state index in [-0.39, 0.29) is 5.91 Å². The van der Waals surface area contributed by atoms with Crippen molar-refractivity contribution in [1.82, 2.24) is 25.1 Å². The van der Waals surface area contributed by atoms with E-state index in [0.29, 0.717) is 18.0 Å². The predicted octanol–water partition coefficient (Wildman–Crippen LogP) is 1.30. The minimum Gasteiger partial charge on any atom is -0.368 e. The van der Waals surface area contributed by atoms with E-state index in [9.17, 15) is 4.79 Å². The van der Waals surface area contributed by atoms with Crippen molar-refractivity contribution in [2.24, 2.45) is 5.73 Å². The Balaban J connectivity index is 1.36. The van der Waals surface area contributed by atoms with E-state index in [2.05, 4.69) is 31.8 Å². The van der Waals surface area contributed by atoms with E-state index in [0.717, 1.165) is 30.6 Å². The van der Waals surface area contributed by atoms with Crippen LogP contribution in [0.15, 0.2) is 30.7 Å². The number of hydrogen-bond donors (Lipinski definition) is 3. The first kappa shape index (κ1) is 15.5. The SMILES string of the molecule is NC(=O)C1(n2cc(Nc3nccc(C4=CC5CCC(C4)N5)n3)cn2)CC1. The molecule has 1 saturated carbocycles. The van der Waals surface area contributed by atoms with Crippen LogP contribution < -0.4 is 16.4 Å². The normalized spacial score (nSPS) is 25.6. The van der Waals surface area contributed by atoms with Crippen LogP contribution in [0.4, 0.5) is 11.6 Å². The fourth-order valence-corrected chi connectivity index (χ4v) is 3.96. The second kappa shape index (κ2) is 5.63. The fourth-order valence-electron chi connectivity index (χ4n) is 3.96. The average Bonchev–Trinajstić information content (AvgIpc) is 3.23. The maximum absolute atomic E-state index is 11.6. The summed E-state index contributed by atoms with van der Waals surface area (Å²) in [5, 5.41) is 11.1. The fraction of sp³-hybridized carbons (Fsp3) is 0.444. The molecule has 4 heterocycles. The van der Waals surface area contributed by atoms with Gasteiger partial charge in [0.2, 0.25) is 11.9 Å². The van der Waals surface area contributed by atoms with Crippen molar-refractivity contribution >= 4 is 23.1 Å². The average molecular weight is 351 g/mol. The van der Waals surface area contributed by atoms with Crippen LogP contribution in [0.25, 0.3) is 5.57 Å². The first-order valence-corrected chi connectivity index (χ1v) is 9.05. The predicted molar refractivity (Wildman–Crippen MR) is 96.5 cm³/mol. The van der Waals surface area contributed by atoms with E-state index in [4.69, 9.17) is 5.73 Å². The summed E-state index contributed by atoms with van der Waals surface area (Å²) < 4.78 is 1.65. The lowest BCUT2D eigenvalue weighted by Crippen LogP contribution is -2.34. The van der Waals surface area contributed by atoms with E-state index in [1.807, 2.05) is 6.07 Å². The number of nitrogens with one attached hydrogen (secondary N) is 2. The minimum atomic E-state index is -0.651. The molecule has 1 saturated heterocycles. The van der Waals surface area contributed by atoms with Gasteiger partial charge in [-0.3, -0.25) is 9.48 Å². The molecule has 2 atom stereocenters. The Morgan fingerprint density at radius 2 is 2.27 bits per heavy atom. The van der Waals surface area contributed by atoms with Gasteiger partial charge in [-0.2, -0.15) is 5.10 Å². The van der Waals surface area contributed by atoms with Crippen LogP contribution in [-0.4, -0.2) is 37.7 Å². The highest BCUT2D eigenvalue weighted by Crippen LogP contribution is 2.43. The third kappa shape index (κ3) is 2.57. The van der Waals surface area contributed by atoms with Gasteiger partial charge in [-0.15, -0.1) is 0 Å². The molecule has 0 spiro atoms. The molecular formula is C18H21N7O. The zero-order valence-corrected chi connectivity index (χ0v) is 14.4. The number of anilines is 2. The summed E-state index contributed by atoms with van der Waals surface area (Å²) in [7, 11) is 0. The number of rotatable bonds is 5. The molecule has 2 bridgehead atoms. The van der Waals surface area contributed by atoms with Gasteiger partial charge in [0, 0.05) is 24.5 Å². The third-order valence-electron chi connectivity index (χ3n) is 5.59. The summed E-state index contributed by atoms with van der Waals surface area (Å²) in [4.78, 5) is 20.6. The largest absolute Gasteiger partial charge is 0.368 e. The Hall–Kier alpha value is -2.74. The van der Waals surface area contributed by atoms with Gasteiger partial charge in [0.25, 0.3) is 0 Å². The molecule has 1 amide bonds. The van der Waals surface area contributed by atoms with Crippen LogP contribution in [0.3, 0.4) is 0 Å². The van der Waals surface area contributed by atoms with Crippen molar-refractivity contribution in [1.29, 1.82) is 0 Å². The van der Waals surface area contributed by atoms with Crippen LogP contribution in [0.5, 0.6) is 0 Å². The molecule has 1 aliphatic carbocycles. The lowest BCUT2D eigenvalue weighted by atomic mass is 10.0. The van der Waals surface area contributed by atoms with Gasteiger partial charge < -0.3 is 16.4 Å². The minimum absolute atomic E-state index is 0.335. The molecule has 0 radical (unpaired) electrons. The van der Waals surface area contributed by atoms with Gasteiger partial charge in [0.15, 0.2) is 0 Å². The van der Waals surface area contributed by atoms with Crippen molar-refractivity contribution in [3.63, 3.8) is 0 Å². The highest BCUT2D eigenvalue weighted by Gasteiger charge is 2.51. The molecule has 26 heavy (non-hydrogen) atoms. The number of aromatic nitrogens is 4. The second-order valence-corrected chi connectivity index (χ2v) is 7.40. The highest BCUT2D eigenvalue weighted by molar-refractivity contribution is 5.85.